The SMILES string of the molecule is CC[C@H](NC(=O)NC(CCC(=O)NCCOCCOCCN1Cc2ccc(C3CN(C)Cc4c(Cl)cc(Cl)cc43)cc2C1=O)(CCC(=O)NCCOCCOCCN1Cc2ccc(C3CN(C)Cc4c(Cl)cc(Cl)cc43)cc2C1=O)CCC(O)NCCOCCOCCN1Cc2ccc(C3CN(C)Cc4c(Cl)cc(Cl)cc43)cc2C1=O)C(=O)O. The van der Waals surface area contributed by atoms with Crippen molar-refractivity contribution in [3.8, 4) is 0 Å². The smallest absolute Gasteiger partial charge is 0.326 e. The van der Waals surface area contributed by atoms with Crippen molar-refractivity contribution in [1.82, 2.24) is 56.0 Å². The second-order valence-corrected chi connectivity index (χ2v) is 34.1. The number of carboxylic acids is 1. The molecule has 32 heteroatoms. The summed E-state index contributed by atoms with van der Waals surface area (Å²) in [6, 6.07) is 27.4. The fourth-order valence-corrected chi connectivity index (χ4v) is 18.5. The van der Waals surface area contributed by atoms with E-state index in [1.165, 1.54) is 0 Å². The van der Waals surface area contributed by atoms with Gasteiger partial charge in [0.2, 0.25) is 11.8 Å². The molecule has 4 unspecified atom stereocenters. The molecule has 0 fully saturated rings. The van der Waals surface area contributed by atoms with E-state index in [1.54, 1.807) is 39.8 Å². The Bertz CT molecular complexity index is 4450. The Hall–Kier alpha value is -7.29. The molecule has 0 saturated carbocycles. The maximum atomic E-state index is 13.9. The molecule has 26 nitrogen and oxygen atoms in total. The Balaban J connectivity index is 0.580. The molecule has 0 spiro atoms. The van der Waals surface area contributed by atoms with Gasteiger partial charge in [-0.15, -0.1) is 0 Å². The summed E-state index contributed by atoms with van der Waals surface area (Å²) in [6.45, 7) is 11.7. The number of amides is 7. The van der Waals surface area contributed by atoms with Crippen LogP contribution in [0.2, 0.25) is 30.1 Å². The molecule has 6 aliphatic rings. The predicted molar refractivity (Wildman–Crippen MR) is 456 cm³/mol. The van der Waals surface area contributed by atoms with Gasteiger partial charge in [0.1, 0.15) is 12.3 Å². The first-order chi connectivity index (χ1) is 57.3. The van der Waals surface area contributed by atoms with E-state index in [4.69, 9.17) is 98.0 Å². The van der Waals surface area contributed by atoms with Crippen LogP contribution in [-0.2, 0) is 82.1 Å². The van der Waals surface area contributed by atoms with Gasteiger partial charge in [-0.05, 0) is 175 Å². The summed E-state index contributed by atoms with van der Waals surface area (Å²) < 4.78 is 35.1. The van der Waals surface area contributed by atoms with Gasteiger partial charge in [0.05, 0.1) is 79.3 Å². The number of likely N-dealkylation sites (N-methyl/N-ethyl adjacent to an activating group) is 3. The van der Waals surface area contributed by atoms with Crippen molar-refractivity contribution in [2.24, 2.45) is 0 Å². The molecule has 0 aromatic heterocycles. The molecule has 7 N–H and O–H groups in total. The molecule has 5 atom stereocenters. The molecule has 6 aromatic rings. The molecule has 642 valence electrons. The first kappa shape index (κ1) is 90.9. The lowest BCUT2D eigenvalue weighted by Crippen LogP contribution is -2.56. The van der Waals surface area contributed by atoms with Crippen LogP contribution >= 0.6 is 69.6 Å². The number of hydrogen-bond donors (Lipinski definition) is 7. The summed E-state index contributed by atoms with van der Waals surface area (Å²) in [4.78, 5) is 107. The van der Waals surface area contributed by atoms with E-state index in [0.29, 0.717) is 106 Å². The molecule has 0 bridgehead atoms. The molecule has 6 aromatic carbocycles. The zero-order valence-electron chi connectivity index (χ0n) is 67.7. The minimum atomic E-state index is -1.34. The fourth-order valence-electron chi connectivity index (χ4n) is 16.8. The fraction of sp³-hybridized carbons (Fsp3) is 0.506. The molecule has 0 radical (unpaired) electrons. The van der Waals surface area contributed by atoms with Gasteiger partial charge in [0, 0.05) is 181 Å². The second kappa shape index (κ2) is 43.2. The zero-order chi connectivity index (χ0) is 84.4. The maximum absolute atomic E-state index is 13.9. The van der Waals surface area contributed by atoms with Crippen LogP contribution in [0.3, 0.4) is 0 Å². The lowest BCUT2D eigenvalue weighted by atomic mass is 9.83. The van der Waals surface area contributed by atoms with Gasteiger partial charge >= 0.3 is 12.0 Å². The van der Waals surface area contributed by atoms with E-state index < -0.39 is 29.8 Å². The van der Waals surface area contributed by atoms with Crippen LogP contribution in [0, 0.1) is 0 Å². The van der Waals surface area contributed by atoms with E-state index in [-0.39, 0.29) is 191 Å². The third kappa shape index (κ3) is 24.2. The number of aliphatic hydroxyl groups is 1. The van der Waals surface area contributed by atoms with Crippen molar-refractivity contribution in [2.45, 2.75) is 127 Å². The lowest BCUT2D eigenvalue weighted by Gasteiger charge is -2.36. The Labute approximate surface area is 725 Å². The van der Waals surface area contributed by atoms with Crippen LogP contribution in [0.15, 0.2) is 91.0 Å². The van der Waals surface area contributed by atoms with E-state index in [1.807, 2.05) is 68.7 Å². The number of carbonyl (C=O) groups excluding carboxylic acids is 6. The number of aliphatic carboxylic acids is 1. The number of ether oxygens (including phenoxy) is 6. The highest BCUT2D eigenvalue weighted by molar-refractivity contribution is 6.36. The van der Waals surface area contributed by atoms with Gasteiger partial charge in [-0.3, -0.25) is 29.3 Å². The predicted octanol–water partition coefficient (Wildman–Crippen LogP) is 11.1. The summed E-state index contributed by atoms with van der Waals surface area (Å²) >= 11 is 39.3. The number of fused-ring (bicyclic) bond motifs is 6. The van der Waals surface area contributed by atoms with Crippen molar-refractivity contribution >= 4 is 111 Å². The quantitative estimate of drug-likeness (QED) is 0.0138. The van der Waals surface area contributed by atoms with Gasteiger partial charge in [0.25, 0.3) is 17.7 Å². The average molecular weight is 1760 g/mol. The summed E-state index contributed by atoms with van der Waals surface area (Å²) in [7, 11) is 6.15. The topological polar surface area (TPSA) is 295 Å². The normalized spacial score (nSPS) is 18.1. The Morgan fingerprint density at radius 1 is 0.462 bits per heavy atom. The van der Waals surface area contributed by atoms with E-state index in [0.717, 1.165) is 86.4 Å². The van der Waals surface area contributed by atoms with Crippen LogP contribution in [-0.4, -0.2) is 258 Å². The summed E-state index contributed by atoms with van der Waals surface area (Å²) in [5.41, 5.74) is 12.9. The number of aliphatic hydroxyl groups excluding tert-OH is 1. The molecular formula is C87H107Cl6N11O15. The highest BCUT2D eigenvalue weighted by atomic mass is 35.5. The number of rotatable bonds is 44. The monoisotopic (exact) mass is 1760 g/mol. The number of halogens is 6. The number of benzene rings is 6. The highest BCUT2D eigenvalue weighted by Crippen LogP contribution is 2.44. The van der Waals surface area contributed by atoms with Crippen LogP contribution in [0.5, 0.6) is 0 Å². The van der Waals surface area contributed by atoms with Gasteiger partial charge in [-0.1, -0.05) is 113 Å². The van der Waals surface area contributed by atoms with Gasteiger partial charge < -0.3 is 89.3 Å². The summed E-state index contributed by atoms with van der Waals surface area (Å²) in [5, 5.41) is 39.2. The highest BCUT2D eigenvalue weighted by Gasteiger charge is 2.39. The molecule has 6 aliphatic heterocycles. The molecular weight excluding hydrogens is 1650 g/mol. The first-order valence-electron chi connectivity index (χ1n) is 40.8. The van der Waals surface area contributed by atoms with Gasteiger partial charge in [-0.2, -0.15) is 0 Å². The van der Waals surface area contributed by atoms with Gasteiger partial charge in [-0.25, -0.2) is 9.59 Å². The molecule has 119 heavy (non-hydrogen) atoms. The Morgan fingerprint density at radius 3 is 1.15 bits per heavy atom. The number of carboxylic acid groups (broad SMARTS) is 1. The van der Waals surface area contributed by atoms with Crippen LogP contribution in [0.1, 0.15) is 167 Å². The molecule has 6 heterocycles. The summed E-state index contributed by atoms with van der Waals surface area (Å²) in [5.74, 6) is -2.24. The van der Waals surface area contributed by atoms with E-state index >= 15 is 0 Å². The first-order valence-corrected chi connectivity index (χ1v) is 43.1. The largest absolute Gasteiger partial charge is 0.480 e. The van der Waals surface area contributed by atoms with Crippen LogP contribution in [0.4, 0.5) is 4.79 Å². The number of nitrogens with one attached hydrogen (secondary N) is 5. The molecule has 0 saturated heterocycles. The van der Waals surface area contributed by atoms with E-state index in [9.17, 15) is 43.8 Å². The third-order valence-corrected chi connectivity index (χ3v) is 24.7. The van der Waals surface area contributed by atoms with Crippen molar-refractivity contribution in [1.29, 1.82) is 0 Å². The third-order valence-electron chi connectivity index (χ3n) is 23.1. The lowest BCUT2D eigenvalue weighted by molar-refractivity contribution is -0.139. The average Bonchev–Trinajstić information content (AvgIpc) is 1.76. The zero-order valence-corrected chi connectivity index (χ0v) is 72.3. The molecule has 0 aliphatic carbocycles. The second-order valence-electron chi connectivity index (χ2n) is 31.6. The van der Waals surface area contributed by atoms with Crippen molar-refractivity contribution in [2.75, 3.05) is 159 Å². The standard InChI is InChI=1S/C87H107Cl6N11O15/c1-5-78(85(111)112)97-86(113)98-87(15-12-79(105)94-18-24-114-30-33-117-27-21-102-45-57-9-6-54(36-63(57)82(102)108)69-48-99(2)51-72-66(69)39-60(88)42-75(72)91,16-13-80(106)95-19-25-115-31-34-118-28-22-103-46-58-10-7-55(37-64(58)83(103)109)70-49-100(3)52-73-67(70)40-61(89)43-76(73)92)17-14-81(107)96-20-26-116-32-35-119-29-23-104-47-59-11-8-56(38-65(59)84(104)110)71-50-101(4)53-74-68(71)41-62(90)44-77(74)93/h6-11,36-44,69-71,78-79,94,105H,5,12-35,45-53H2,1-4H3,(H,95,106)(H,96,107)(H,111,112)(H2,97,98,113)/t69?,70?,71?,78-,79?,87?/m0/s1. The number of hydrogen-bond acceptors (Lipinski definition) is 18. The molecule has 7 amide bonds. The molecule has 12 rings (SSSR count). The van der Waals surface area contributed by atoms with Crippen molar-refractivity contribution in [3.63, 3.8) is 0 Å². The number of nitrogens with zero attached hydrogens (tertiary/aromatic N) is 6. The van der Waals surface area contributed by atoms with Crippen molar-refractivity contribution in [3.05, 3.63) is 205 Å². The van der Waals surface area contributed by atoms with Crippen LogP contribution < -0.4 is 26.6 Å². The van der Waals surface area contributed by atoms with E-state index in [2.05, 4.69) is 66.5 Å². The minimum Gasteiger partial charge on any atom is -0.480 e. The number of urea groups is 1. The van der Waals surface area contributed by atoms with Crippen molar-refractivity contribution < 1.29 is 72.2 Å². The Morgan fingerprint density at radius 2 is 0.807 bits per heavy atom. The Kier molecular flexibility index (Phi) is 33.0. The number of carbonyl (C=O) groups is 7. The van der Waals surface area contributed by atoms with Gasteiger partial charge in [0.15, 0.2) is 0 Å². The summed E-state index contributed by atoms with van der Waals surface area (Å²) in [6.07, 6.45) is -1.31. The van der Waals surface area contributed by atoms with Crippen LogP contribution in [0.25, 0.3) is 0 Å². The maximum Gasteiger partial charge on any atom is 0.326 e. The minimum absolute atomic E-state index is 0.00396.